The minimum absolute atomic E-state index is 0.258. The third-order valence-corrected chi connectivity index (χ3v) is 4.75. The Morgan fingerprint density at radius 2 is 2.16 bits per heavy atom. The van der Waals surface area contributed by atoms with Gasteiger partial charge in [-0.15, -0.1) is 0 Å². The summed E-state index contributed by atoms with van der Waals surface area (Å²) in [5.74, 6) is 1.43. The number of hydrogen-bond acceptors (Lipinski definition) is 5. The number of sulfone groups is 1. The fourth-order valence-corrected chi connectivity index (χ4v) is 3.10. The van der Waals surface area contributed by atoms with Crippen molar-refractivity contribution in [2.24, 2.45) is 5.92 Å². The van der Waals surface area contributed by atoms with Gasteiger partial charge in [-0.2, -0.15) is 0 Å². The molecule has 1 aliphatic rings. The average Bonchev–Trinajstić information content (AvgIpc) is 2.91. The number of nitrogens with zero attached hydrogens (tertiary/aromatic N) is 1. The van der Waals surface area contributed by atoms with E-state index in [9.17, 15) is 8.42 Å². The van der Waals surface area contributed by atoms with Crippen molar-refractivity contribution in [1.29, 1.82) is 0 Å². The lowest BCUT2D eigenvalue weighted by molar-refractivity contribution is 0.435. The maximum Gasteiger partial charge on any atom is 0.200 e. The van der Waals surface area contributed by atoms with Crippen LogP contribution in [0.4, 0.5) is 0 Å². The molecule has 5 nitrogen and oxygen atoms in total. The van der Waals surface area contributed by atoms with Gasteiger partial charge in [-0.1, -0.05) is 6.92 Å². The monoisotopic (exact) mass is 280 g/mol. The first-order valence-corrected chi connectivity index (χ1v) is 8.15. The van der Waals surface area contributed by atoms with E-state index in [-0.39, 0.29) is 10.8 Å². The summed E-state index contributed by atoms with van der Waals surface area (Å²) in [4.78, 5) is 4.72. The summed E-state index contributed by atoms with van der Waals surface area (Å²) in [6.07, 6.45) is 1.19. The number of benzene rings is 1. The molecule has 1 aromatic heterocycles. The summed E-state index contributed by atoms with van der Waals surface area (Å²) in [5, 5.41) is 3.30. The predicted octanol–water partition coefficient (Wildman–Crippen LogP) is 1.55. The van der Waals surface area contributed by atoms with Gasteiger partial charge in [-0.25, -0.2) is 13.4 Å². The van der Waals surface area contributed by atoms with Crippen molar-refractivity contribution >= 4 is 20.9 Å². The number of hydrogen-bond donors (Lipinski definition) is 1. The maximum absolute atomic E-state index is 11.5. The van der Waals surface area contributed by atoms with Crippen LogP contribution in [-0.2, 0) is 9.84 Å². The summed E-state index contributed by atoms with van der Waals surface area (Å²) in [6.45, 7) is 3.96. The smallest absolute Gasteiger partial charge is 0.200 e. The third kappa shape index (κ3) is 2.26. The highest BCUT2D eigenvalue weighted by molar-refractivity contribution is 7.90. The number of nitrogens with one attached hydrogen (secondary N) is 1. The van der Waals surface area contributed by atoms with Gasteiger partial charge in [-0.05, 0) is 30.7 Å². The van der Waals surface area contributed by atoms with Gasteiger partial charge in [0.1, 0.15) is 5.52 Å². The molecule has 1 N–H and O–H groups in total. The van der Waals surface area contributed by atoms with Crippen LogP contribution in [0.2, 0.25) is 0 Å². The molecule has 1 saturated heterocycles. The third-order valence-electron chi connectivity index (χ3n) is 3.64. The van der Waals surface area contributed by atoms with E-state index in [0.717, 1.165) is 13.1 Å². The number of aromatic nitrogens is 1. The van der Waals surface area contributed by atoms with E-state index >= 15 is 0 Å². The lowest BCUT2D eigenvalue weighted by atomic mass is 9.98. The zero-order valence-electron chi connectivity index (χ0n) is 10.9. The van der Waals surface area contributed by atoms with Crippen molar-refractivity contribution in [3.63, 3.8) is 0 Å². The molecule has 3 rings (SSSR count). The summed E-state index contributed by atoms with van der Waals surface area (Å²) < 4.78 is 28.8. The normalized spacial score (nSPS) is 24.1. The first-order valence-electron chi connectivity index (χ1n) is 6.26. The van der Waals surface area contributed by atoms with Crippen LogP contribution in [0.15, 0.2) is 27.5 Å². The minimum Gasteiger partial charge on any atom is -0.440 e. The second-order valence-electron chi connectivity index (χ2n) is 5.20. The van der Waals surface area contributed by atoms with Gasteiger partial charge < -0.3 is 9.73 Å². The Kier molecular flexibility index (Phi) is 2.87. The highest BCUT2D eigenvalue weighted by atomic mass is 32.2. The van der Waals surface area contributed by atoms with Crippen molar-refractivity contribution in [1.82, 2.24) is 10.3 Å². The van der Waals surface area contributed by atoms with Gasteiger partial charge in [0.25, 0.3) is 0 Å². The van der Waals surface area contributed by atoms with E-state index in [4.69, 9.17) is 4.42 Å². The van der Waals surface area contributed by atoms with E-state index in [1.165, 1.54) is 6.26 Å². The zero-order valence-corrected chi connectivity index (χ0v) is 11.7. The highest BCUT2D eigenvalue weighted by Gasteiger charge is 2.29. The van der Waals surface area contributed by atoms with E-state index in [2.05, 4.69) is 17.2 Å². The van der Waals surface area contributed by atoms with Crippen molar-refractivity contribution in [2.75, 3.05) is 19.3 Å². The molecule has 0 unspecified atom stereocenters. The Morgan fingerprint density at radius 1 is 1.37 bits per heavy atom. The molecular formula is C13H16N2O3S. The Hall–Kier alpha value is -1.40. The molecule has 0 saturated carbocycles. The van der Waals surface area contributed by atoms with Gasteiger partial charge in [0.05, 0.1) is 10.8 Å². The lowest BCUT2D eigenvalue weighted by Crippen LogP contribution is -2.08. The summed E-state index contributed by atoms with van der Waals surface area (Å²) in [5.41, 5.74) is 1.25. The fraction of sp³-hybridized carbons (Fsp3) is 0.462. The highest BCUT2D eigenvalue weighted by Crippen LogP contribution is 2.30. The molecule has 1 aromatic carbocycles. The van der Waals surface area contributed by atoms with Gasteiger partial charge >= 0.3 is 0 Å². The second-order valence-corrected chi connectivity index (χ2v) is 7.21. The van der Waals surface area contributed by atoms with Crippen molar-refractivity contribution < 1.29 is 12.8 Å². The van der Waals surface area contributed by atoms with Crippen LogP contribution in [0.3, 0.4) is 0 Å². The molecule has 0 radical (unpaired) electrons. The molecule has 2 atom stereocenters. The summed E-state index contributed by atoms with van der Waals surface area (Å²) in [6, 6.07) is 4.81. The van der Waals surface area contributed by atoms with Gasteiger partial charge in [0.2, 0.25) is 0 Å². The predicted molar refractivity (Wildman–Crippen MR) is 71.9 cm³/mol. The Labute approximate surface area is 111 Å². The zero-order chi connectivity index (χ0) is 13.6. The minimum atomic E-state index is -3.21. The number of rotatable bonds is 2. The molecule has 1 aliphatic heterocycles. The largest absolute Gasteiger partial charge is 0.440 e. The number of fused-ring (bicyclic) bond motifs is 1. The topological polar surface area (TPSA) is 72.2 Å². The molecule has 0 aliphatic carbocycles. The van der Waals surface area contributed by atoms with Gasteiger partial charge in [-0.3, -0.25) is 0 Å². The number of oxazole rings is 1. The second kappa shape index (κ2) is 4.31. The van der Waals surface area contributed by atoms with Crippen LogP contribution in [0.1, 0.15) is 18.7 Å². The van der Waals surface area contributed by atoms with E-state index in [0.29, 0.717) is 22.9 Å². The Balaban J connectivity index is 2.06. The summed E-state index contributed by atoms with van der Waals surface area (Å²) in [7, 11) is -3.21. The first kappa shape index (κ1) is 12.6. The molecule has 0 spiro atoms. The maximum atomic E-state index is 11.5. The first-order chi connectivity index (χ1) is 8.95. The Morgan fingerprint density at radius 3 is 2.79 bits per heavy atom. The molecule has 102 valence electrons. The van der Waals surface area contributed by atoms with Gasteiger partial charge in [0, 0.05) is 12.8 Å². The van der Waals surface area contributed by atoms with Crippen LogP contribution in [0.25, 0.3) is 11.1 Å². The van der Waals surface area contributed by atoms with Crippen LogP contribution in [0.5, 0.6) is 0 Å². The molecule has 2 heterocycles. The van der Waals surface area contributed by atoms with Crippen molar-refractivity contribution in [2.45, 2.75) is 17.7 Å². The average molecular weight is 280 g/mol. The molecule has 0 bridgehead atoms. The SMILES string of the molecule is C[C@@H]1CNC[C@H]1c1nc2cc(S(C)(=O)=O)ccc2o1. The molecule has 1 fully saturated rings. The molecule has 19 heavy (non-hydrogen) atoms. The Bertz CT molecular complexity index is 721. The quantitative estimate of drug-likeness (QED) is 0.903. The molecule has 2 aromatic rings. The van der Waals surface area contributed by atoms with Gasteiger partial charge in [0.15, 0.2) is 21.3 Å². The standard InChI is InChI=1S/C13H16N2O3S/c1-8-6-14-7-10(8)13-15-11-5-9(19(2,16)17)3-4-12(11)18-13/h3-5,8,10,14H,6-7H2,1-2H3/t8-,10-/m1/s1. The summed E-state index contributed by atoms with van der Waals surface area (Å²) >= 11 is 0. The van der Waals surface area contributed by atoms with Crippen LogP contribution in [0, 0.1) is 5.92 Å². The van der Waals surface area contributed by atoms with E-state index in [1.807, 2.05) is 0 Å². The van der Waals surface area contributed by atoms with Crippen molar-refractivity contribution in [3.05, 3.63) is 24.1 Å². The molecule has 6 heteroatoms. The fourth-order valence-electron chi connectivity index (χ4n) is 2.45. The van der Waals surface area contributed by atoms with Crippen molar-refractivity contribution in [3.8, 4) is 0 Å². The van der Waals surface area contributed by atoms with E-state index in [1.54, 1.807) is 18.2 Å². The van der Waals surface area contributed by atoms with Crippen LogP contribution in [-0.4, -0.2) is 32.7 Å². The van der Waals surface area contributed by atoms with E-state index < -0.39 is 9.84 Å². The van der Waals surface area contributed by atoms with Crippen LogP contribution < -0.4 is 5.32 Å². The molecular weight excluding hydrogens is 264 g/mol. The van der Waals surface area contributed by atoms with Crippen LogP contribution >= 0.6 is 0 Å². The molecule has 0 amide bonds. The lowest BCUT2D eigenvalue weighted by Gasteiger charge is -2.08.